The third-order valence-electron chi connectivity index (χ3n) is 5.45. The number of nitrogens with one attached hydrogen (secondary N) is 1. The Kier molecular flexibility index (Phi) is 4.65. The SMILES string of the molecule is CCOC(=O)c1ccc2c(c1)[C@@H]1C=CC[C@@H]1[C@H](c1cccc(C(F)(F)F)c1)N2. The van der Waals surface area contributed by atoms with Crippen LogP contribution in [-0.2, 0) is 10.9 Å². The molecule has 1 aliphatic heterocycles. The molecule has 4 rings (SSSR count). The second-order valence-electron chi connectivity index (χ2n) is 7.12. The van der Waals surface area contributed by atoms with Crippen LogP contribution in [0, 0.1) is 5.92 Å². The zero-order valence-corrected chi connectivity index (χ0v) is 15.3. The van der Waals surface area contributed by atoms with Crippen molar-refractivity contribution in [1.82, 2.24) is 0 Å². The van der Waals surface area contributed by atoms with Crippen molar-refractivity contribution >= 4 is 11.7 Å². The number of allylic oxidation sites excluding steroid dienone is 2. The number of carbonyl (C=O) groups is 1. The Labute approximate surface area is 161 Å². The number of carbonyl (C=O) groups excluding carboxylic acids is 1. The predicted molar refractivity (Wildman–Crippen MR) is 100 cm³/mol. The lowest BCUT2D eigenvalue weighted by Gasteiger charge is -2.38. The van der Waals surface area contributed by atoms with E-state index < -0.39 is 11.7 Å². The van der Waals surface area contributed by atoms with Crippen molar-refractivity contribution in [1.29, 1.82) is 0 Å². The first-order valence-corrected chi connectivity index (χ1v) is 9.30. The van der Waals surface area contributed by atoms with E-state index in [-0.39, 0.29) is 23.8 Å². The molecule has 2 aromatic carbocycles. The van der Waals surface area contributed by atoms with Gasteiger partial charge in [0.05, 0.1) is 23.8 Å². The molecule has 28 heavy (non-hydrogen) atoms. The van der Waals surface area contributed by atoms with Crippen LogP contribution in [0.5, 0.6) is 0 Å². The summed E-state index contributed by atoms with van der Waals surface area (Å²) in [6.07, 6.45) is 0.537. The highest BCUT2D eigenvalue weighted by Gasteiger charge is 2.39. The quantitative estimate of drug-likeness (QED) is 0.542. The maximum atomic E-state index is 13.1. The van der Waals surface area contributed by atoms with Crippen molar-refractivity contribution in [3.8, 4) is 0 Å². The molecule has 0 amide bonds. The Hall–Kier alpha value is -2.76. The monoisotopic (exact) mass is 387 g/mol. The molecular weight excluding hydrogens is 367 g/mol. The third kappa shape index (κ3) is 3.28. The fourth-order valence-electron chi connectivity index (χ4n) is 4.17. The molecule has 0 bridgehead atoms. The highest BCUT2D eigenvalue weighted by Crippen LogP contribution is 2.50. The summed E-state index contributed by atoms with van der Waals surface area (Å²) < 4.78 is 44.5. The van der Waals surface area contributed by atoms with Gasteiger partial charge in [-0.3, -0.25) is 0 Å². The average molecular weight is 387 g/mol. The zero-order valence-electron chi connectivity index (χ0n) is 15.3. The average Bonchev–Trinajstić information content (AvgIpc) is 3.17. The summed E-state index contributed by atoms with van der Waals surface area (Å²) in [5.74, 6) is -0.234. The Bertz CT molecular complexity index is 936. The van der Waals surface area contributed by atoms with E-state index in [2.05, 4.69) is 17.5 Å². The fraction of sp³-hybridized carbons (Fsp3) is 0.318. The first-order valence-electron chi connectivity index (χ1n) is 9.30. The van der Waals surface area contributed by atoms with Crippen LogP contribution in [0.1, 0.15) is 52.4 Å². The first-order chi connectivity index (χ1) is 13.4. The van der Waals surface area contributed by atoms with Gasteiger partial charge >= 0.3 is 12.1 Å². The molecule has 0 radical (unpaired) electrons. The predicted octanol–water partition coefficient (Wildman–Crippen LogP) is 5.71. The minimum Gasteiger partial charge on any atom is -0.462 e. The van der Waals surface area contributed by atoms with E-state index in [0.29, 0.717) is 17.7 Å². The summed E-state index contributed by atoms with van der Waals surface area (Å²) in [6, 6.07) is 10.6. The van der Waals surface area contributed by atoms with E-state index >= 15 is 0 Å². The van der Waals surface area contributed by atoms with Crippen molar-refractivity contribution in [2.75, 3.05) is 11.9 Å². The van der Waals surface area contributed by atoms with Crippen LogP contribution in [0.15, 0.2) is 54.6 Å². The van der Waals surface area contributed by atoms with E-state index in [1.165, 1.54) is 12.1 Å². The summed E-state index contributed by atoms with van der Waals surface area (Å²) in [5.41, 5.74) is 2.28. The second kappa shape index (κ2) is 7.00. The van der Waals surface area contributed by atoms with Crippen LogP contribution >= 0.6 is 0 Å². The number of alkyl halides is 3. The van der Waals surface area contributed by atoms with Gasteiger partial charge in [0.25, 0.3) is 0 Å². The first kappa shape index (κ1) is 18.6. The lowest BCUT2D eigenvalue weighted by Crippen LogP contribution is -2.29. The molecule has 0 saturated heterocycles. The standard InChI is InChI=1S/C22H20F3NO2/c1-2-28-21(27)14-9-10-19-18(12-14)16-7-4-8-17(16)20(26-19)13-5-3-6-15(11-13)22(23,24)25/h3-7,9-12,16-17,20,26H,2,8H2,1H3/t16-,17+,20+/m1/s1. The Morgan fingerprint density at radius 2 is 2.04 bits per heavy atom. The molecule has 0 aromatic heterocycles. The second-order valence-corrected chi connectivity index (χ2v) is 7.12. The van der Waals surface area contributed by atoms with Gasteiger partial charge in [0.15, 0.2) is 0 Å². The molecule has 0 saturated carbocycles. The van der Waals surface area contributed by atoms with Crippen molar-refractivity contribution in [2.24, 2.45) is 5.92 Å². The highest BCUT2D eigenvalue weighted by molar-refractivity contribution is 5.90. The van der Waals surface area contributed by atoms with Crippen LogP contribution in [0.25, 0.3) is 0 Å². The van der Waals surface area contributed by atoms with E-state index in [0.717, 1.165) is 23.7 Å². The minimum absolute atomic E-state index is 0.0465. The summed E-state index contributed by atoms with van der Waals surface area (Å²) in [5, 5.41) is 3.40. The molecule has 0 unspecified atom stereocenters. The molecule has 146 valence electrons. The Balaban J connectivity index is 1.71. The summed E-state index contributed by atoms with van der Waals surface area (Å²) in [7, 11) is 0. The van der Waals surface area contributed by atoms with E-state index in [1.807, 2.05) is 12.1 Å². The largest absolute Gasteiger partial charge is 0.462 e. The molecule has 1 N–H and O–H groups in total. The smallest absolute Gasteiger partial charge is 0.416 e. The molecule has 1 heterocycles. The topological polar surface area (TPSA) is 38.3 Å². The molecule has 6 heteroatoms. The Morgan fingerprint density at radius 3 is 2.79 bits per heavy atom. The number of halogens is 3. The molecule has 2 aliphatic rings. The molecule has 2 aromatic rings. The number of hydrogen-bond acceptors (Lipinski definition) is 3. The molecule has 0 spiro atoms. The molecule has 0 fully saturated rings. The summed E-state index contributed by atoms with van der Waals surface area (Å²) in [4.78, 5) is 12.1. The lowest BCUT2D eigenvalue weighted by atomic mass is 9.76. The van der Waals surface area contributed by atoms with Gasteiger partial charge in [-0.25, -0.2) is 4.79 Å². The molecule has 3 atom stereocenters. The van der Waals surface area contributed by atoms with Gasteiger partial charge < -0.3 is 10.1 Å². The number of fused-ring (bicyclic) bond motifs is 3. The van der Waals surface area contributed by atoms with Crippen LogP contribution in [0.4, 0.5) is 18.9 Å². The maximum Gasteiger partial charge on any atom is 0.416 e. The van der Waals surface area contributed by atoms with Crippen LogP contribution in [-0.4, -0.2) is 12.6 Å². The van der Waals surface area contributed by atoms with Crippen molar-refractivity contribution in [3.05, 3.63) is 76.9 Å². The van der Waals surface area contributed by atoms with Gasteiger partial charge in [-0.05, 0) is 60.7 Å². The summed E-state index contributed by atoms with van der Waals surface area (Å²) in [6.45, 7) is 2.06. The Morgan fingerprint density at radius 1 is 1.21 bits per heavy atom. The van der Waals surface area contributed by atoms with Crippen LogP contribution < -0.4 is 5.32 Å². The minimum atomic E-state index is -4.37. The van der Waals surface area contributed by atoms with Gasteiger partial charge in [0, 0.05) is 11.6 Å². The van der Waals surface area contributed by atoms with Gasteiger partial charge in [0.2, 0.25) is 0 Å². The fourth-order valence-corrected chi connectivity index (χ4v) is 4.17. The van der Waals surface area contributed by atoms with E-state index in [1.54, 1.807) is 19.1 Å². The maximum absolute atomic E-state index is 13.1. The van der Waals surface area contributed by atoms with Crippen molar-refractivity contribution < 1.29 is 22.7 Å². The number of anilines is 1. The molecule has 1 aliphatic carbocycles. The summed E-state index contributed by atoms with van der Waals surface area (Å²) >= 11 is 0. The van der Waals surface area contributed by atoms with Crippen LogP contribution in [0.2, 0.25) is 0 Å². The van der Waals surface area contributed by atoms with E-state index in [9.17, 15) is 18.0 Å². The van der Waals surface area contributed by atoms with Crippen molar-refractivity contribution in [3.63, 3.8) is 0 Å². The third-order valence-corrected chi connectivity index (χ3v) is 5.45. The molecule has 3 nitrogen and oxygen atoms in total. The van der Waals surface area contributed by atoms with Gasteiger partial charge in [0.1, 0.15) is 0 Å². The molecular formula is C22H20F3NO2. The number of esters is 1. The van der Waals surface area contributed by atoms with Crippen LogP contribution in [0.3, 0.4) is 0 Å². The zero-order chi connectivity index (χ0) is 19.9. The van der Waals surface area contributed by atoms with Crippen molar-refractivity contribution in [2.45, 2.75) is 31.5 Å². The van der Waals surface area contributed by atoms with Gasteiger partial charge in [-0.15, -0.1) is 0 Å². The van der Waals surface area contributed by atoms with Gasteiger partial charge in [-0.2, -0.15) is 13.2 Å². The number of rotatable bonds is 3. The normalized spacial score (nSPS) is 22.9. The number of ether oxygens (including phenoxy) is 1. The van der Waals surface area contributed by atoms with E-state index in [4.69, 9.17) is 4.74 Å². The highest BCUT2D eigenvalue weighted by atomic mass is 19.4. The number of benzene rings is 2. The lowest BCUT2D eigenvalue weighted by molar-refractivity contribution is -0.137. The number of hydrogen-bond donors (Lipinski definition) is 1. The van der Waals surface area contributed by atoms with Gasteiger partial charge in [-0.1, -0.05) is 24.3 Å².